The molecule has 2 aliphatic heterocycles. The Balaban J connectivity index is 1.97. The molecule has 0 amide bonds. The van der Waals surface area contributed by atoms with Crippen molar-refractivity contribution >= 4 is 17.5 Å². The van der Waals surface area contributed by atoms with Gasteiger partial charge < -0.3 is 30.9 Å². The van der Waals surface area contributed by atoms with Crippen molar-refractivity contribution in [2.24, 2.45) is 0 Å². The largest absolute Gasteiger partial charge is 0.388 e. The highest BCUT2D eigenvalue weighted by Gasteiger charge is 2.45. The predicted molar refractivity (Wildman–Crippen MR) is 66.6 cm³/mol. The van der Waals surface area contributed by atoms with Gasteiger partial charge in [0.1, 0.15) is 17.9 Å². The zero-order chi connectivity index (χ0) is 13.7. The maximum Gasteiger partial charge on any atom is 0.277 e. The molecule has 0 spiro atoms. The number of hydrogen-bond acceptors (Lipinski definition) is 8. The number of nitrogens with one attached hydrogen (secondary N) is 2. The van der Waals surface area contributed by atoms with Gasteiger partial charge in [0.05, 0.1) is 12.8 Å². The van der Waals surface area contributed by atoms with Crippen molar-refractivity contribution in [3.05, 3.63) is 10.4 Å². The van der Waals surface area contributed by atoms with Crippen LogP contribution in [0.25, 0.3) is 0 Å². The summed E-state index contributed by atoms with van der Waals surface area (Å²) in [5.74, 6) is 0.296. The number of aromatic amines is 1. The molecule has 104 valence electrons. The number of hydrogen-bond donors (Lipinski definition) is 5. The van der Waals surface area contributed by atoms with Gasteiger partial charge in [0.2, 0.25) is 5.95 Å². The van der Waals surface area contributed by atoms with E-state index in [1.165, 1.54) is 0 Å². The molecule has 3 heterocycles. The van der Waals surface area contributed by atoms with Gasteiger partial charge in [-0.05, 0) is 6.92 Å². The van der Waals surface area contributed by atoms with E-state index in [0.29, 0.717) is 5.82 Å². The molecule has 0 bridgehead atoms. The second-order valence-corrected chi connectivity index (χ2v) is 4.67. The quantitative estimate of drug-likeness (QED) is 0.395. The Hall–Kier alpha value is -1.84. The minimum absolute atomic E-state index is 0.0152. The molecule has 2 aliphatic rings. The zero-order valence-corrected chi connectivity index (χ0v) is 10.2. The van der Waals surface area contributed by atoms with Crippen LogP contribution in [-0.2, 0) is 4.74 Å². The average molecular weight is 269 g/mol. The maximum atomic E-state index is 11.7. The van der Waals surface area contributed by atoms with E-state index >= 15 is 0 Å². The fourth-order valence-corrected chi connectivity index (χ4v) is 2.38. The lowest BCUT2D eigenvalue weighted by atomic mass is 10.1. The molecule has 0 unspecified atom stereocenters. The molecule has 19 heavy (non-hydrogen) atoms. The Kier molecular flexibility index (Phi) is 2.62. The summed E-state index contributed by atoms with van der Waals surface area (Å²) in [6.45, 7) is 1.91. The van der Waals surface area contributed by atoms with E-state index in [9.17, 15) is 15.0 Å². The number of anilines is 3. The first-order chi connectivity index (χ1) is 8.99. The van der Waals surface area contributed by atoms with Crippen molar-refractivity contribution in [1.29, 1.82) is 0 Å². The van der Waals surface area contributed by atoms with Gasteiger partial charge in [0, 0.05) is 0 Å². The van der Waals surface area contributed by atoms with Crippen LogP contribution < -0.4 is 21.5 Å². The third kappa shape index (κ3) is 1.74. The smallest absolute Gasteiger partial charge is 0.277 e. The molecule has 9 heteroatoms. The van der Waals surface area contributed by atoms with Gasteiger partial charge in [-0.3, -0.25) is 9.78 Å². The van der Waals surface area contributed by atoms with Crippen LogP contribution >= 0.6 is 0 Å². The molecule has 1 saturated heterocycles. The van der Waals surface area contributed by atoms with Gasteiger partial charge in [-0.25, -0.2) is 0 Å². The Morgan fingerprint density at radius 1 is 1.47 bits per heavy atom. The Bertz CT molecular complexity index is 561. The summed E-state index contributed by atoms with van der Waals surface area (Å²) in [6.07, 6.45) is -3.32. The van der Waals surface area contributed by atoms with Crippen LogP contribution in [0.4, 0.5) is 17.5 Å². The lowest BCUT2D eigenvalue weighted by molar-refractivity contribution is 0.0157. The molecular weight excluding hydrogens is 254 g/mol. The minimum atomic E-state index is -1.08. The molecule has 6 N–H and O–H groups in total. The normalized spacial score (nSPS) is 33.3. The summed E-state index contributed by atoms with van der Waals surface area (Å²) >= 11 is 0. The van der Waals surface area contributed by atoms with Crippen molar-refractivity contribution in [2.45, 2.75) is 31.5 Å². The van der Waals surface area contributed by atoms with Gasteiger partial charge in [-0.1, -0.05) is 0 Å². The fourth-order valence-electron chi connectivity index (χ4n) is 2.38. The van der Waals surface area contributed by atoms with E-state index in [4.69, 9.17) is 10.5 Å². The van der Waals surface area contributed by atoms with Crippen LogP contribution in [0.5, 0.6) is 0 Å². The van der Waals surface area contributed by atoms with Crippen molar-refractivity contribution < 1.29 is 14.9 Å². The molecule has 1 aromatic heterocycles. The molecule has 9 nitrogen and oxygen atoms in total. The summed E-state index contributed by atoms with van der Waals surface area (Å²) in [4.78, 5) is 19.7. The number of nitrogens with zero attached hydrogens (tertiary/aromatic N) is 2. The van der Waals surface area contributed by atoms with E-state index in [0.717, 1.165) is 0 Å². The average Bonchev–Trinajstić information content (AvgIpc) is 2.86. The third-order valence-corrected chi connectivity index (χ3v) is 3.40. The third-order valence-electron chi connectivity index (χ3n) is 3.40. The van der Waals surface area contributed by atoms with Crippen LogP contribution in [0.1, 0.15) is 6.92 Å². The van der Waals surface area contributed by atoms with E-state index < -0.39 is 24.5 Å². The van der Waals surface area contributed by atoms with E-state index in [1.54, 1.807) is 11.8 Å². The minimum Gasteiger partial charge on any atom is -0.388 e. The second-order valence-electron chi connectivity index (χ2n) is 4.67. The number of nitrogen functional groups attached to an aromatic ring is 1. The Labute approximate surface area is 108 Å². The van der Waals surface area contributed by atoms with Crippen LogP contribution in [-0.4, -0.2) is 51.4 Å². The lowest BCUT2D eigenvalue weighted by Crippen LogP contribution is -2.44. The summed E-state index contributed by atoms with van der Waals surface area (Å²) in [7, 11) is 0. The number of aromatic nitrogens is 2. The molecule has 3 rings (SSSR count). The molecule has 0 aromatic carbocycles. The number of ether oxygens (including phenoxy) is 1. The first-order valence-electron chi connectivity index (χ1n) is 5.91. The molecular formula is C10H15N5O4. The van der Waals surface area contributed by atoms with Crippen molar-refractivity contribution in [3.8, 4) is 0 Å². The van der Waals surface area contributed by atoms with Crippen molar-refractivity contribution in [3.63, 3.8) is 0 Å². The number of aliphatic hydroxyl groups excluding tert-OH is 2. The highest BCUT2D eigenvalue weighted by Crippen LogP contribution is 2.33. The topological polar surface area (TPSA) is 137 Å². The molecule has 4 atom stereocenters. The van der Waals surface area contributed by atoms with Crippen molar-refractivity contribution in [1.82, 2.24) is 9.97 Å². The maximum absolute atomic E-state index is 11.7. The molecule has 1 fully saturated rings. The van der Waals surface area contributed by atoms with Crippen LogP contribution in [0.3, 0.4) is 0 Å². The van der Waals surface area contributed by atoms with Crippen LogP contribution in [0.15, 0.2) is 4.79 Å². The number of rotatable bonds is 1. The van der Waals surface area contributed by atoms with E-state index in [-0.39, 0.29) is 23.9 Å². The SMILES string of the molecule is C[C@H]1O[C@@H](N2CNc3c2nc(N)[nH]c3=O)[C@H](O)[C@@H]1O. The van der Waals surface area contributed by atoms with Gasteiger partial charge in [0.25, 0.3) is 5.56 Å². The Morgan fingerprint density at radius 2 is 2.21 bits per heavy atom. The number of aliphatic hydroxyl groups is 2. The number of fused-ring (bicyclic) bond motifs is 1. The summed E-state index contributed by atoms with van der Waals surface area (Å²) in [5, 5.41) is 22.5. The lowest BCUT2D eigenvalue weighted by Gasteiger charge is -2.26. The van der Waals surface area contributed by atoms with E-state index in [1.807, 2.05) is 0 Å². The van der Waals surface area contributed by atoms with E-state index in [2.05, 4.69) is 15.3 Å². The molecule has 0 saturated carbocycles. The van der Waals surface area contributed by atoms with Gasteiger partial charge in [0.15, 0.2) is 12.0 Å². The Morgan fingerprint density at radius 3 is 2.84 bits per heavy atom. The molecule has 0 radical (unpaired) electrons. The standard InChI is InChI=1S/C10H15N5O4/c1-3-5(16)6(17)9(19-3)15-2-12-4-7(15)13-10(11)14-8(4)18/h3,5-6,9,12,16-17H,2H2,1H3,(H3,11,13,14,18)/t3-,5-,6-,9-/m1/s1. The summed E-state index contributed by atoms with van der Waals surface area (Å²) in [5.41, 5.74) is 5.40. The molecule has 0 aliphatic carbocycles. The first kappa shape index (κ1) is 12.2. The summed E-state index contributed by atoms with van der Waals surface area (Å²) in [6, 6.07) is 0. The first-order valence-corrected chi connectivity index (χ1v) is 5.91. The highest BCUT2D eigenvalue weighted by molar-refractivity contribution is 5.71. The van der Waals surface area contributed by atoms with Crippen molar-refractivity contribution in [2.75, 3.05) is 22.6 Å². The van der Waals surface area contributed by atoms with Gasteiger partial charge >= 0.3 is 0 Å². The van der Waals surface area contributed by atoms with Crippen LogP contribution in [0, 0.1) is 0 Å². The second kappa shape index (κ2) is 4.08. The monoisotopic (exact) mass is 269 g/mol. The molecule has 1 aromatic rings. The predicted octanol–water partition coefficient (Wildman–Crippen LogP) is -1.99. The fraction of sp³-hybridized carbons (Fsp3) is 0.600. The number of nitrogens with two attached hydrogens (primary N) is 1. The number of H-pyrrole nitrogens is 1. The van der Waals surface area contributed by atoms with Crippen LogP contribution in [0.2, 0.25) is 0 Å². The van der Waals surface area contributed by atoms with Gasteiger partial charge in [-0.2, -0.15) is 4.98 Å². The summed E-state index contributed by atoms with van der Waals surface area (Å²) < 4.78 is 5.50. The zero-order valence-electron chi connectivity index (χ0n) is 10.2. The van der Waals surface area contributed by atoms with Gasteiger partial charge in [-0.15, -0.1) is 0 Å². The highest BCUT2D eigenvalue weighted by atomic mass is 16.6.